The largest absolute Gasteiger partial charge is 0.508 e. The molecule has 50 heavy (non-hydrogen) atoms. The molecule has 0 amide bonds. The molecule has 4 heterocycles. The Labute approximate surface area is 284 Å². The van der Waals surface area contributed by atoms with Crippen LogP contribution < -0.4 is 29.6 Å². The van der Waals surface area contributed by atoms with Gasteiger partial charge in [-0.25, -0.2) is 0 Å². The van der Waals surface area contributed by atoms with Crippen LogP contribution in [0.4, 0.5) is 0 Å². The van der Waals surface area contributed by atoms with Crippen LogP contribution >= 0.6 is 0 Å². The number of phenols is 1. The number of aliphatic carboxylic acids is 1. The minimum absolute atomic E-state index is 0.0215. The first kappa shape index (κ1) is 33.6. The van der Waals surface area contributed by atoms with Crippen LogP contribution in [0.25, 0.3) is 0 Å². The number of phenolic OH excluding ortho intramolecular Hbond substituents is 1. The molecule has 0 radical (unpaired) electrons. The molecule has 7 rings (SSSR count). The summed E-state index contributed by atoms with van der Waals surface area (Å²) in [5.41, 5.74) is 8.79. The van der Waals surface area contributed by atoms with E-state index in [1.165, 1.54) is 0 Å². The first-order chi connectivity index (χ1) is 24.2. The van der Waals surface area contributed by atoms with Crippen LogP contribution in [0.15, 0.2) is 48.5 Å². The molecule has 0 bridgehead atoms. The number of hydrogen-bond acceptors (Lipinski definition) is 15. The second-order valence-corrected chi connectivity index (χ2v) is 12.1. The molecule has 16 heteroatoms. The number of rotatable bonds is 12. The predicted molar refractivity (Wildman–Crippen MR) is 166 cm³/mol. The Morgan fingerprint density at radius 3 is 2.48 bits per heavy atom. The average molecular weight is 698 g/mol. The van der Waals surface area contributed by atoms with Gasteiger partial charge in [-0.1, -0.05) is 12.1 Å². The molecule has 4 aliphatic rings. The lowest BCUT2D eigenvalue weighted by Gasteiger charge is -2.41. The zero-order chi connectivity index (χ0) is 34.9. The number of carbonyl (C=O) groups is 2. The van der Waals surface area contributed by atoms with E-state index < -0.39 is 61.8 Å². The summed E-state index contributed by atoms with van der Waals surface area (Å²) in [6, 6.07) is 13.8. The van der Waals surface area contributed by atoms with Gasteiger partial charge in [-0.15, -0.1) is 0 Å². The zero-order valence-corrected chi connectivity index (χ0v) is 26.5. The molecule has 7 atom stereocenters. The molecular formula is C34H35NO15. The number of esters is 1. The normalized spacial score (nSPS) is 25.8. The number of carbonyl (C=O) groups excluding carboxylic acids is 1. The summed E-state index contributed by atoms with van der Waals surface area (Å²) in [7, 11) is 0. The SMILES string of the molecule is NCCO[C@@H]1O[C@H](COC(=O)CC(=O)O)[C@@H](O)[C@H](O)[C@@H]1OOc1cc(Cc2ccc(O)cc2)c2c(c1)[C@H]1Oc3cc4c(cc3[C@@H]1CO2)OCO4. The summed E-state index contributed by atoms with van der Waals surface area (Å²) in [6.45, 7) is -0.0317. The Balaban J connectivity index is 1.14. The third kappa shape index (κ3) is 6.81. The van der Waals surface area contributed by atoms with Crippen LogP contribution in [-0.2, 0) is 35.1 Å². The van der Waals surface area contributed by atoms with E-state index in [1.807, 2.05) is 6.07 Å². The number of nitrogens with two attached hydrogens (primary N) is 1. The van der Waals surface area contributed by atoms with Crippen molar-refractivity contribution in [2.24, 2.45) is 5.73 Å². The highest BCUT2D eigenvalue weighted by molar-refractivity contribution is 5.90. The lowest BCUT2D eigenvalue weighted by atomic mass is 9.87. The van der Waals surface area contributed by atoms with E-state index in [9.17, 15) is 24.9 Å². The minimum atomic E-state index is -1.66. The number of carboxylic acid groups (broad SMARTS) is 1. The van der Waals surface area contributed by atoms with Crippen molar-refractivity contribution in [3.05, 3.63) is 70.8 Å². The maximum atomic E-state index is 11.8. The first-order valence-corrected chi connectivity index (χ1v) is 15.9. The van der Waals surface area contributed by atoms with E-state index in [0.29, 0.717) is 41.6 Å². The van der Waals surface area contributed by atoms with Crippen LogP contribution in [0.2, 0.25) is 0 Å². The Morgan fingerprint density at radius 2 is 1.72 bits per heavy atom. The van der Waals surface area contributed by atoms with E-state index in [1.54, 1.807) is 42.5 Å². The van der Waals surface area contributed by atoms with Gasteiger partial charge >= 0.3 is 11.9 Å². The van der Waals surface area contributed by atoms with Crippen molar-refractivity contribution in [2.75, 3.05) is 33.2 Å². The molecule has 1 saturated heterocycles. The van der Waals surface area contributed by atoms with Crippen molar-refractivity contribution < 1.29 is 72.9 Å². The molecule has 0 spiro atoms. The van der Waals surface area contributed by atoms with Crippen LogP contribution in [0.5, 0.6) is 34.5 Å². The van der Waals surface area contributed by atoms with Gasteiger partial charge in [-0.3, -0.25) is 9.59 Å². The van der Waals surface area contributed by atoms with E-state index in [2.05, 4.69) is 0 Å². The Hall–Kier alpha value is -4.84. The standard InChI is InChI=1S/C34H35NO15/c35-5-6-42-34-33(30(41)29(40)26(48-34)14-43-28(39)12-27(37)38)50-49-19-8-17(7-16-1-3-18(36)4-2-16)31-21(9-19)32-22(13-44-31)20-10-24-25(46-15-45-24)11-23(20)47-32/h1-4,8-11,22,26,29-30,32-34,36,40-41H,5-7,12-15,35H2,(H,37,38)/t22-,26+,29+,30-,32+,33-,34+/m0/s1. The van der Waals surface area contributed by atoms with E-state index in [0.717, 1.165) is 16.7 Å². The third-order valence-electron chi connectivity index (χ3n) is 8.74. The Bertz CT molecular complexity index is 1730. The van der Waals surface area contributed by atoms with Gasteiger partial charge < -0.3 is 64.2 Å². The molecule has 16 nitrogen and oxygen atoms in total. The number of benzene rings is 3. The van der Waals surface area contributed by atoms with Crippen LogP contribution in [-0.4, -0.2) is 96.2 Å². The number of aliphatic hydroxyl groups is 2. The number of aromatic hydroxyl groups is 1. The third-order valence-corrected chi connectivity index (χ3v) is 8.74. The van der Waals surface area contributed by atoms with Crippen molar-refractivity contribution in [3.8, 4) is 34.5 Å². The van der Waals surface area contributed by atoms with Gasteiger partial charge in [0.25, 0.3) is 0 Å². The van der Waals surface area contributed by atoms with E-state index in [4.69, 9.17) is 53.8 Å². The fourth-order valence-electron chi connectivity index (χ4n) is 6.35. The Morgan fingerprint density at radius 1 is 0.940 bits per heavy atom. The van der Waals surface area contributed by atoms with Crippen LogP contribution in [0.1, 0.15) is 40.7 Å². The van der Waals surface area contributed by atoms with E-state index in [-0.39, 0.29) is 37.4 Å². The maximum Gasteiger partial charge on any atom is 0.317 e. The maximum absolute atomic E-state index is 11.8. The summed E-state index contributed by atoms with van der Waals surface area (Å²) in [6.07, 6.45) is -8.27. The highest BCUT2D eigenvalue weighted by Gasteiger charge is 2.48. The lowest BCUT2D eigenvalue weighted by Crippen LogP contribution is -2.60. The number of carboxylic acids is 1. The van der Waals surface area contributed by atoms with E-state index >= 15 is 0 Å². The van der Waals surface area contributed by atoms with Crippen molar-refractivity contribution in [1.29, 1.82) is 0 Å². The first-order valence-electron chi connectivity index (χ1n) is 15.9. The summed E-state index contributed by atoms with van der Waals surface area (Å²) in [4.78, 5) is 34.1. The molecule has 0 aromatic heterocycles. The number of hydrogen-bond donors (Lipinski definition) is 5. The molecule has 1 fully saturated rings. The topological polar surface area (TPSA) is 224 Å². The molecule has 4 aliphatic heterocycles. The van der Waals surface area contributed by atoms with Gasteiger partial charge in [-0.2, -0.15) is 4.89 Å². The molecule has 3 aromatic rings. The van der Waals surface area contributed by atoms with Crippen LogP contribution in [0.3, 0.4) is 0 Å². The Kier molecular flexibility index (Phi) is 9.54. The fourth-order valence-corrected chi connectivity index (χ4v) is 6.35. The summed E-state index contributed by atoms with van der Waals surface area (Å²) in [5, 5.41) is 40.5. The van der Waals surface area contributed by atoms with Crippen molar-refractivity contribution >= 4 is 11.9 Å². The molecular weight excluding hydrogens is 662 g/mol. The van der Waals surface area contributed by atoms with Gasteiger partial charge in [0, 0.05) is 35.7 Å². The van der Waals surface area contributed by atoms with Gasteiger partial charge in [0.05, 0.1) is 19.1 Å². The zero-order valence-electron chi connectivity index (χ0n) is 26.5. The highest BCUT2D eigenvalue weighted by atomic mass is 17.2. The fraction of sp³-hybridized carbons (Fsp3) is 0.412. The lowest BCUT2D eigenvalue weighted by molar-refractivity contribution is -0.372. The molecule has 0 aliphatic carbocycles. The van der Waals surface area contributed by atoms with Gasteiger partial charge in [0.15, 0.2) is 29.6 Å². The molecule has 266 valence electrons. The number of fused-ring (bicyclic) bond motifs is 6. The highest BCUT2D eigenvalue weighted by Crippen LogP contribution is 2.55. The molecule has 0 unspecified atom stereocenters. The van der Waals surface area contributed by atoms with Crippen LogP contribution in [0, 0.1) is 0 Å². The number of ether oxygens (including phenoxy) is 7. The quantitative estimate of drug-likeness (QED) is 0.0781. The predicted octanol–water partition coefficient (Wildman–Crippen LogP) is 1.44. The van der Waals surface area contributed by atoms with Gasteiger partial charge in [0.2, 0.25) is 6.79 Å². The average Bonchev–Trinajstić information content (AvgIpc) is 3.71. The molecule has 6 N–H and O–H groups in total. The summed E-state index contributed by atoms with van der Waals surface area (Å²) >= 11 is 0. The van der Waals surface area contributed by atoms with Crippen molar-refractivity contribution in [3.63, 3.8) is 0 Å². The second kappa shape index (κ2) is 14.2. The molecule has 0 saturated carbocycles. The smallest absolute Gasteiger partial charge is 0.317 e. The van der Waals surface area contributed by atoms with Crippen molar-refractivity contribution in [2.45, 2.75) is 55.6 Å². The number of aliphatic hydroxyl groups excluding tert-OH is 2. The summed E-state index contributed by atoms with van der Waals surface area (Å²) in [5.74, 6) is 0.170. The summed E-state index contributed by atoms with van der Waals surface area (Å²) < 4.78 is 40.3. The monoisotopic (exact) mass is 697 g/mol. The second-order valence-electron chi connectivity index (χ2n) is 12.1. The van der Waals surface area contributed by atoms with Crippen molar-refractivity contribution in [1.82, 2.24) is 0 Å². The van der Waals surface area contributed by atoms with Gasteiger partial charge in [-0.05, 0) is 35.9 Å². The van der Waals surface area contributed by atoms with Gasteiger partial charge in [0.1, 0.15) is 54.7 Å². The molecule has 3 aromatic carbocycles. The minimum Gasteiger partial charge on any atom is -0.508 e.